The highest BCUT2D eigenvalue weighted by Gasteiger charge is 2.20. The molecule has 3 rings (SSSR count). The SMILES string of the molecule is CC(C)NS(=O)(=O)c1ccc(C(=O)N(Cc2cccs2)Cc2cccs2)cc1. The summed E-state index contributed by atoms with van der Waals surface area (Å²) < 4.78 is 27.1. The average Bonchev–Trinajstić information content (AvgIpc) is 3.34. The monoisotopic (exact) mass is 434 g/mol. The van der Waals surface area contributed by atoms with E-state index in [2.05, 4.69) is 4.72 Å². The highest BCUT2D eigenvalue weighted by Crippen LogP contribution is 2.20. The van der Waals surface area contributed by atoms with Crippen LogP contribution in [0.3, 0.4) is 0 Å². The number of sulfonamides is 1. The molecule has 0 saturated carbocycles. The molecule has 1 amide bonds. The van der Waals surface area contributed by atoms with Crippen molar-refractivity contribution >= 4 is 38.6 Å². The van der Waals surface area contributed by atoms with E-state index < -0.39 is 10.0 Å². The number of amides is 1. The van der Waals surface area contributed by atoms with E-state index >= 15 is 0 Å². The quantitative estimate of drug-likeness (QED) is 0.574. The number of hydrogen-bond donors (Lipinski definition) is 1. The second-order valence-electron chi connectivity index (χ2n) is 6.62. The minimum absolute atomic E-state index is 0.123. The lowest BCUT2D eigenvalue weighted by Crippen LogP contribution is -2.31. The maximum absolute atomic E-state index is 13.1. The fourth-order valence-corrected chi connectivity index (χ4v) is 5.41. The van der Waals surface area contributed by atoms with E-state index in [1.807, 2.05) is 35.0 Å². The first-order valence-electron chi connectivity index (χ1n) is 8.81. The molecule has 8 heteroatoms. The summed E-state index contributed by atoms with van der Waals surface area (Å²) in [7, 11) is -3.58. The standard InChI is InChI=1S/C20H22N2O3S3/c1-15(2)21-28(24,25)19-9-7-16(8-10-19)20(23)22(13-17-5-3-11-26-17)14-18-6-4-12-27-18/h3-12,15,21H,13-14H2,1-2H3. The van der Waals surface area contributed by atoms with Crippen molar-refractivity contribution in [2.45, 2.75) is 37.9 Å². The van der Waals surface area contributed by atoms with Crippen LogP contribution in [0.15, 0.2) is 64.2 Å². The zero-order valence-corrected chi connectivity index (χ0v) is 18.1. The predicted molar refractivity (Wildman–Crippen MR) is 114 cm³/mol. The van der Waals surface area contributed by atoms with Gasteiger partial charge in [-0.1, -0.05) is 12.1 Å². The molecule has 0 spiro atoms. The number of thiophene rings is 2. The molecule has 28 heavy (non-hydrogen) atoms. The van der Waals surface area contributed by atoms with E-state index in [0.717, 1.165) is 9.75 Å². The van der Waals surface area contributed by atoms with Gasteiger partial charge in [-0.2, -0.15) is 0 Å². The van der Waals surface area contributed by atoms with Crippen LogP contribution in [-0.2, 0) is 23.1 Å². The molecule has 0 unspecified atom stereocenters. The Bertz CT molecular complexity index is 957. The molecule has 0 bridgehead atoms. The largest absolute Gasteiger partial charge is 0.328 e. The lowest BCUT2D eigenvalue weighted by Gasteiger charge is -2.22. The van der Waals surface area contributed by atoms with Crippen LogP contribution in [0.5, 0.6) is 0 Å². The number of nitrogens with one attached hydrogen (secondary N) is 1. The van der Waals surface area contributed by atoms with E-state index in [1.54, 1.807) is 53.6 Å². The van der Waals surface area contributed by atoms with Gasteiger partial charge >= 0.3 is 0 Å². The molecular weight excluding hydrogens is 412 g/mol. The number of rotatable bonds is 8. The maximum atomic E-state index is 13.1. The topological polar surface area (TPSA) is 66.5 Å². The molecule has 3 aromatic rings. The Morgan fingerprint density at radius 1 is 0.964 bits per heavy atom. The van der Waals surface area contributed by atoms with Crippen LogP contribution < -0.4 is 4.72 Å². The number of nitrogens with zero attached hydrogens (tertiary/aromatic N) is 1. The molecule has 0 saturated heterocycles. The Morgan fingerprint density at radius 2 is 1.50 bits per heavy atom. The van der Waals surface area contributed by atoms with Crippen molar-refractivity contribution in [3.05, 3.63) is 74.6 Å². The molecule has 0 radical (unpaired) electrons. The van der Waals surface area contributed by atoms with Gasteiger partial charge in [-0.25, -0.2) is 13.1 Å². The normalized spacial score (nSPS) is 11.7. The minimum Gasteiger partial charge on any atom is -0.328 e. The fourth-order valence-electron chi connectivity index (χ4n) is 2.72. The van der Waals surface area contributed by atoms with Crippen molar-refractivity contribution in [2.24, 2.45) is 0 Å². The highest BCUT2D eigenvalue weighted by molar-refractivity contribution is 7.89. The first-order chi connectivity index (χ1) is 13.3. The van der Waals surface area contributed by atoms with Gasteiger partial charge in [-0.3, -0.25) is 4.79 Å². The van der Waals surface area contributed by atoms with Crippen LogP contribution in [0, 0.1) is 0 Å². The smallest absolute Gasteiger partial charge is 0.254 e. The molecule has 5 nitrogen and oxygen atoms in total. The molecule has 1 aromatic carbocycles. The van der Waals surface area contributed by atoms with Gasteiger partial charge < -0.3 is 4.90 Å². The van der Waals surface area contributed by atoms with Crippen molar-refractivity contribution in [3.63, 3.8) is 0 Å². The van der Waals surface area contributed by atoms with E-state index in [9.17, 15) is 13.2 Å². The summed E-state index contributed by atoms with van der Waals surface area (Å²) in [5.74, 6) is -0.123. The van der Waals surface area contributed by atoms with Crippen molar-refractivity contribution in [1.29, 1.82) is 0 Å². The summed E-state index contributed by atoms with van der Waals surface area (Å²) in [4.78, 5) is 17.2. The number of carbonyl (C=O) groups is 1. The lowest BCUT2D eigenvalue weighted by molar-refractivity contribution is 0.0733. The maximum Gasteiger partial charge on any atom is 0.254 e. The summed E-state index contributed by atoms with van der Waals surface area (Å²) in [5.41, 5.74) is 0.469. The number of carbonyl (C=O) groups excluding carboxylic acids is 1. The fraction of sp³-hybridized carbons (Fsp3) is 0.250. The first-order valence-corrected chi connectivity index (χ1v) is 12.1. The first kappa shape index (κ1) is 20.7. The van der Waals surface area contributed by atoms with E-state index in [0.29, 0.717) is 18.7 Å². The van der Waals surface area contributed by atoms with Crippen LogP contribution in [-0.4, -0.2) is 25.3 Å². The van der Waals surface area contributed by atoms with Crippen molar-refractivity contribution < 1.29 is 13.2 Å². The van der Waals surface area contributed by atoms with Crippen molar-refractivity contribution in [1.82, 2.24) is 9.62 Å². The molecule has 0 aliphatic heterocycles. The van der Waals surface area contributed by atoms with Gasteiger partial charge in [0.1, 0.15) is 0 Å². The molecule has 0 aliphatic rings. The van der Waals surface area contributed by atoms with Gasteiger partial charge in [-0.05, 0) is 61.0 Å². The lowest BCUT2D eigenvalue weighted by atomic mass is 10.2. The Hall–Kier alpha value is -2.00. The molecule has 0 atom stereocenters. The Kier molecular flexibility index (Phi) is 6.66. The Labute approximate surface area is 173 Å². The van der Waals surface area contributed by atoms with Crippen LogP contribution in [0.2, 0.25) is 0 Å². The summed E-state index contributed by atoms with van der Waals surface area (Å²) in [6, 6.07) is 13.9. The van der Waals surface area contributed by atoms with Crippen LogP contribution in [0.25, 0.3) is 0 Å². The summed E-state index contributed by atoms with van der Waals surface area (Å²) in [5, 5.41) is 3.98. The second-order valence-corrected chi connectivity index (χ2v) is 10.4. The van der Waals surface area contributed by atoms with Crippen LogP contribution in [0.1, 0.15) is 34.0 Å². The van der Waals surface area contributed by atoms with Gasteiger partial charge in [0.15, 0.2) is 0 Å². The third kappa shape index (κ3) is 5.29. The predicted octanol–water partition coefficient (Wildman–Crippen LogP) is 4.34. The zero-order chi connectivity index (χ0) is 20.1. The molecule has 0 fully saturated rings. The van der Waals surface area contributed by atoms with Crippen molar-refractivity contribution in [2.75, 3.05) is 0 Å². The van der Waals surface area contributed by atoms with E-state index in [4.69, 9.17) is 0 Å². The van der Waals surface area contributed by atoms with E-state index in [-0.39, 0.29) is 16.8 Å². The van der Waals surface area contributed by atoms with Gasteiger partial charge in [0, 0.05) is 21.4 Å². The third-order valence-corrected chi connectivity index (χ3v) is 7.34. The highest BCUT2D eigenvalue weighted by atomic mass is 32.2. The van der Waals surface area contributed by atoms with Gasteiger partial charge in [0.2, 0.25) is 10.0 Å². The molecule has 2 aromatic heterocycles. The van der Waals surface area contributed by atoms with E-state index in [1.165, 1.54) is 12.1 Å². The third-order valence-electron chi connectivity index (χ3n) is 3.94. The molecule has 148 valence electrons. The molecule has 1 N–H and O–H groups in total. The van der Waals surface area contributed by atoms with Gasteiger partial charge in [-0.15, -0.1) is 22.7 Å². The van der Waals surface area contributed by atoms with Crippen LogP contribution >= 0.6 is 22.7 Å². The number of benzene rings is 1. The molecular formula is C20H22N2O3S3. The second kappa shape index (κ2) is 9.00. The van der Waals surface area contributed by atoms with Crippen LogP contribution in [0.4, 0.5) is 0 Å². The van der Waals surface area contributed by atoms with Crippen molar-refractivity contribution in [3.8, 4) is 0 Å². The average molecular weight is 435 g/mol. The summed E-state index contributed by atoms with van der Waals surface area (Å²) in [6.45, 7) is 4.57. The summed E-state index contributed by atoms with van der Waals surface area (Å²) in [6.07, 6.45) is 0. The molecule has 2 heterocycles. The van der Waals surface area contributed by atoms with Gasteiger partial charge in [0.05, 0.1) is 18.0 Å². The zero-order valence-electron chi connectivity index (χ0n) is 15.7. The Balaban J connectivity index is 1.81. The number of hydrogen-bond acceptors (Lipinski definition) is 5. The summed E-state index contributed by atoms with van der Waals surface area (Å²) >= 11 is 3.22. The minimum atomic E-state index is -3.58. The Morgan fingerprint density at radius 3 is 1.93 bits per heavy atom. The van der Waals surface area contributed by atoms with Gasteiger partial charge in [0.25, 0.3) is 5.91 Å². The molecule has 0 aliphatic carbocycles.